The molecule has 3 aromatic carbocycles. The first-order valence-corrected chi connectivity index (χ1v) is 9.18. The summed E-state index contributed by atoms with van der Waals surface area (Å²) in [5, 5.41) is 2.81. The van der Waals surface area contributed by atoms with Crippen molar-refractivity contribution in [2.75, 3.05) is 11.9 Å². The predicted molar refractivity (Wildman–Crippen MR) is 110 cm³/mol. The van der Waals surface area contributed by atoms with Crippen molar-refractivity contribution in [1.29, 1.82) is 0 Å². The lowest BCUT2D eigenvalue weighted by Gasteiger charge is -2.17. The summed E-state index contributed by atoms with van der Waals surface area (Å²) in [6.45, 7) is 3.55. The molecule has 28 heavy (non-hydrogen) atoms. The van der Waals surface area contributed by atoms with E-state index in [-0.39, 0.29) is 12.5 Å². The zero-order valence-electron chi connectivity index (χ0n) is 16.0. The van der Waals surface area contributed by atoms with Crippen molar-refractivity contribution in [3.8, 4) is 0 Å². The Labute approximate surface area is 165 Å². The van der Waals surface area contributed by atoms with Crippen molar-refractivity contribution in [3.63, 3.8) is 0 Å². The molecule has 1 N–H and O–H groups in total. The smallest absolute Gasteiger partial charge is 0.318 e. The van der Waals surface area contributed by atoms with Gasteiger partial charge in [0.1, 0.15) is 5.92 Å². The van der Waals surface area contributed by atoms with E-state index in [1.165, 1.54) is 0 Å². The highest BCUT2D eigenvalue weighted by Gasteiger charge is 2.24. The quantitative estimate of drug-likeness (QED) is 0.642. The van der Waals surface area contributed by atoms with Gasteiger partial charge in [0.25, 0.3) is 5.91 Å². The highest BCUT2D eigenvalue weighted by atomic mass is 16.5. The van der Waals surface area contributed by atoms with Crippen LogP contribution in [0.15, 0.2) is 78.9 Å². The first-order valence-electron chi connectivity index (χ1n) is 9.18. The van der Waals surface area contributed by atoms with E-state index >= 15 is 0 Å². The fourth-order valence-corrected chi connectivity index (χ4v) is 3.03. The second-order valence-corrected chi connectivity index (χ2v) is 6.73. The number of anilines is 1. The molecule has 0 aromatic heterocycles. The van der Waals surface area contributed by atoms with Gasteiger partial charge in [-0.3, -0.25) is 9.59 Å². The minimum atomic E-state index is -0.573. The van der Waals surface area contributed by atoms with E-state index in [9.17, 15) is 9.59 Å². The topological polar surface area (TPSA) is 55.4 Å². The van der Waals surface area contributed by atoms with E-state index in [2.05, 4.69) is 5.32 Å². The Kier molecular flexibility index (Phi) is 6.22. The third-order valence-electron chi connectivity index (χ3n) is 4.51. The molecular weight excluding hydrogens is 350 g/mol. The maximum Gasteiger partial charge on any atom is 0.318 e. The summed E-state index contributed by atoms with van der Waals surface area (Å²) in [7, 11) is 0. The summed E-state index contributed by atoms with van der Waals surface area (Å²) in [6, 6.07) is 24.7. The van der Waals surface area contributed by atoms with Gasteiger partial charge in [0.2, 0.25) is 0 Å². The monoisotopic (exact) mass is 373 g/mol. The summed E-state index contributed by atoms with van der Waals surface area (Å²) in [6.07, 6.45) is 0. The number of hydrogen-bond donors (Lipinski definition) is 1. The van der Waals surface area contributed by atoms with E-state index in [1.807, 2.05) is 92.7 Å². The molecule has 0 aliphatic carbocycles. The number of esters is 1. The molecule has 0 atom stereocenters. The lowest BCUT2D eigenvalue weighted by molar-refractivity contribution is -0.147. The Balaban J connectivity index is 1.70. The van der Waals surface area contributed by atoms with E-state index < -0.39 is 11.9 Å². The molecule has 0 saturated heterocycles. The number of nitrogens with one attached hydrogen (secondary N) is 1. The molecule has 0 aliphatic heterocycles. The zero-order valence-corrected chi connectivity index (χ0v) is 16.0. The van der Waals surface area contributed by atoms with Gasteiger partial charge in [-0.05, 0) is 42.2 Å². The molecule has 142 valence electrons. The molecule has 0 saturated carbocycles. The van der Waals surface area contributed by atoms with Gasteiger partial charge in [-0.25, -0.2) is 0 Å². The van der Waals surface area contributed by atoms with E-state index in [0.29, 0.717) is 0 Å². The molecule has 0 unspecified atom stereocenters. The van der Waals surface area contributed by atoms with Crippen LogP contribution in [0, 0.1) is 13.8 Å². The van der Waals surface area contributed by atoms with Gasteiger partial charge in [0.05, 0.1) is 0 Å². The van der Waals surface area contributed by atoms with Crippen molar-refractivity contribution in [3.05, 3.63) is 101 Å². The third kappa shape index (κ3) is 4.86. The Hall–Kier alpha value is -3.40. The van der Waals surface area contributed by atoms with Crippen LogP contribution < -0.4 is 5.32 Å². The maximum atomic E-state index is 12.8. The number of benzene rings is 3. The van der Waals surface area contributed by atoms with E-state index in [0.717, 1.165) is 27.9 Å². The van der Waals surface area contributed by atoms with Crippen molar-refractivity contribution >= 4 is 17.6 Å². The van der Waals surface area contributed by atoms with Crippen LogP contribution in [-0.2, 0) is 14.3 Å². The SMILES string of the molecule is Cc1ccc(C)c(NC(=O)COC(=O)C(c2ccccc2)c2ccccc2)c1. The molecule has 3 aromatic rings. The van der Waals surface area contributed by atoms with Gasteiger partial charge < -0.3 is 10.1 Å². The van der Waals surface area contributed by atoms with Crippen LogP contribution in [0.4, 0.5) is 5.69 Å². The Morgan fingerprint density at radius 2 is 1.43 bits per heavy atom. The number of carbonyl (C=O) groups excluding carboxylic acids is 2. The second kappa shape index (κ2) is 9.00. The fraction of sp³-hybridized carbons (Fsp3) is 0.167. The van der Waals surface area contributed by atoms with Gasteiger partial charge in [-0.2, -0.15) is 0 Å². The average Bonchev–Trinajstić information content (AvgIpc) is 2.71. The average molecular weight is 373 g/mol. The molecule has 0 radical (unpaired) electrons. The van der Waals surface area contributed by atoms with Crippen molar-refractivity contribution in [2.45, 2.75) is 19.8 Å². The third-order valence-corrected chi connectivity index (χ3v) is 4.51. The summed E-state index contributed by atoms with van der Waals surface area (Å²) >= 11 is 0. The molecule has 0 spiro atoms. The van der Waals surface area contributed by atoms with Crippen LogP contribution >= 0.6 is 0 Å². The second-order valence-electron chi connectivity index (χ2n) is 6.73. The fourth-order valence-electron chi connectivity index (χ4n) is 3.03. The maximum absolute atomic E-state index is 12.8. The first kappa shape index (κ1) is 19.4. The molecule has 4 heteroatoms. The summed E-state index contributed by atoms with van der Waals surface area (Å²) < 4.78 is 5.37. The van der Waals surface area contributed by atoms with Crippen LogP contribution in [-0.4, -0.2) is 18.5 Å². The van der Waals surface area contributed by atoms with Gasteiger partial charge in [-0.1, -0.05) is 72.8 Å². The number of aryl methyl sites for hydroxylation is 2. The summed E-state index contributed by atoms with van der Waals surface area (Å²) in [5.74, 6) is -1.38. The largest absolute Gasteiger partial charge is 0.455 e. The van der Waals surface area contributed by atoms with Crippen LogP contribution in [0.25, 0.3) is 0 Å². The van der Waals surface area contributed by atoms with Crippen LogP contribution in [0.1, 0.15) is 28.2 Å². The molecule has 0 fully saturated rings. The van der Waals surface area contributed by atoms with Crippen LogP contribution in [0.3, 0.4) is 0 Å². The molecule has 3 rings (SSSR count). The number of amides is 1. The predicted octanol–water partition coefficient (Wildman–Crippen LogP) is 4.62. The van der Waals surface area contributed by atoms with Crippen LogP contribution in [0.2, 0.25) is 0 Å². The van der Waals surface area contributed by atoms with Gasteiger partial charge in [0, 0.05) is 5.69 Å². The lowest BCUT2D eigenvalue weighted by Crippen LogP contribution is -2.24. The van der Waals surface area contributed by atoms with E-state index in [4.69, 9.17) is 4.74 Å². The minimum absolute atomic E-state index is 0.331. The van der Waals surface area contributed by atoms with Crippen molar-refractivity contribution < 1.29 is 14.3 Å². The number of hydrogen-bond acceptors (Lipinski definition) is 3. The Morgan fingerprint density at radius 1 is 0.857 bits per heavy atom. The van der Waals surface area contributed by atoms with Crippen molar-refractivity contribution in [1.82, 2.24) is 0 Å². The van der Waals surface area contributed by atoms with Gasteiger partial charge in [0.15, 0.2) is 6.61 Å². The molecule has 0 heterocycles. The van der Waals surface area contributed by atoms with Crippen molar-refractivity contribution in [2.24, 2.45) is 0 Å². The number of ether oxygens (including phenoxy) is 1. The van der Waals surface area contributed by atoms with E-state index in [1.54, 1.807) is 0 Å². The highest BCUT2D eigenvalue weighted by molar-refractivity contribution is 5.94. The molecule has 0 aliphatic rings. The molecule has 4 nitrogen and oxygen atoms in total. The highest BCUT2D eigenvalue weighted by Crippen LogP contribution is 2.26. The first-order chi connectivity index (χ1) is 13.5. The normalized spacial score (nSPS) is 10.5. The Bertz CT molecular complexity index is 913. The summed E-state index contributed by atoms with van der Waals surface area (Å²) in [5.41, 5.74) is 4.38. The number of rotatable bonds is 6. The minimum Gasteiger partial charge on any atom is -0.455 e. The lowest BCUT2D eigenvalue weighted by atomic mass is 9.91. The zero-order chi connectivity index (χ0) is 19.9. The number of carbonyl (C=O) groups is 2. The van der Waals surface area contributed by atoms with Crippen LogP contribution in [0.5, 0.6) is 0 Å². The molecule has 1 amide bonds. The van der Waals surface area contributed by atoms with Gasteiger partial charge in [-0.15, -0.1) is 0 Å². The molecule has 0 bridgehead atoms. The standard InChI is InChI=1S/C24H23NO3/c1-17-13-14-18(2)21(15-17)25-22(26)16-28-24(27)23(19-9-5-3-6-10-19)20-11-7-4-8-12-20/h3-15,23H,16H2,1-2H3,(H,25,26). The Morgan fingerprint density at radius 3 is 2.00 bits per heavy atom. The molecular formula is C24H23NO3. The van der Waals surface area contributed by atoms with Gasteiger partial charge >= 0.3 is 5.97 Å². The summed E-state index contributed by atoms with van der Waals surface area (Å²) in [4.78, 5) is 25.1.